The zero-order valence-corrected chi connectivity index (χ0v) is 16.7. The lowest BCUT2D eigenvalue weighted by Gasteiger charge is -2.23. The predicted octanol–water partition coefficient (Wildman–Crippen LogP) is 3.94. The topological polar surface area (TPSA) is 77.5 Å². The van der Waals surface area contributed by atoms with Crippen LogP contribution in [0.2, 0.25) is 0 Å². The maximum absolute atomic E-state index is 14.8. The van der Waals surface area contributed by atoms with Crippen LogP contribution in [-0.2, 0) is 24.1 Å². The van der Waals surface area contributed by atoms with Crippen molar-refractivity contribution in [3.05, 3.63) is 60.2 Å². The number of alkyl halides is 2. The van der Waals surface area contributed by atoms with Gasteiger partial charge in [-0.25, -0.2) is 8.42 Å². The van der Waals surface area contributed by atoms with Crippen molar-refractivity contribution in [2.24, 2.45) is 5.92 Å². The van der Waals surface area contributed by atoms with Crippen molar-refractivity contribution in [1.29, 1.82) is 0 Å². The summed E-state index contributed by atoms with van der Waals surface area (Å²) in [6.07, 6.45) is -1.46. The zero-order chi connectivity index (χ0) is 20.6. The number of hydrogen-bond acceptors (Lipinski definition) is 5. The Morgan fingerprint density at radius 2 is 1.50 bits per heavy atom. The molecule has 0 aromatic heterocycles. The molecule has 1 fully saturated rings. The first-order chi connectivity index (χ1) is 13.0. The molecule has 152 valence electrons. The summed E-state index contributed by atoms with van der Waals surface area (Å²) in [4.78, 5) is -0.526. The third kappa shape index (κ3) is 3.97. The SMILES string of the molecule is Cc1ccc(S(=O)(=O)OC2CCC(C(F)(F)S(=O)(=O)c3ccccc3)C2)cc1. The van der Waals surface area contributed by atoms with Crippen molar-refractivity contribution in [3.8, 4) is 0 Å². The van der Waals surface area contributed by atoms with Crippen LogP contribution in [0.15, 0.2) is 64.4 Å². The van der Waals surface area contributed by atoms with Gasteiger partial charge in [0.1, 0.15) is 0 Å². The second-order valence-electron chi connectivity index (χ2n) is 6.87. The number of halogens is 2. The molecule has 0 amide bonds. The molecule has 2 aromatic carbocycles. The van der Waals surface area contributed by atoms with Gasteiger partial charge in [0.15, 0.2) is 0 Å². The Balaban J connectivity index is 1.75. The van der Waals surface area contributed by atoms with Crippen LogP contribution in [0.3, 0.4) is 0 Å². The minimum atomic E-state index is -4.88. The highest BCUT2D eigenvalue weighted by atomic mass is 32.2. The Labute approximate surface area is 163 Å². The van der Waals surface area contributed by atoms with Gasteiger partial charge in [0, 0.05) is 5.92 Å². The zero-order valence-electron chi connectivity index (χ0n) is 15.1. The Morgan fingerprint density at radius 1 is 0.893 bits per heavy atom. The monoisotopic (exact) mass is 430 g/mol. The summed E-state index contributed by atoms with van der Waals surface area (Å²) in [5.74, 6) is -1.52. The molecule has 2 unspecified atom stereocenters. The van der Waals surface area contributed by atoms with Crippen LogP contribution in [0, 0.1) is 12.8 Å². The predicted molar refractivity (Wildman–Crippen MR) is 99.2 cm³/mol. The van der Waals surface area contributed by atoms with E-state index in [0.717, 1.165) is 17.7 Å². The van der Waals surface area contributed by atoms with E-state index in [1.807, 2.05) is 0 Å². The molecule has 1 saturated carbocycles. The summed E-state index contributed by atoms with van der Waals surface area (Å²) in [6, 6.07) is 12.5. The quantitative estimate of drug-likeness (QED) is 0.649. The summed E-state index contributed by atoms with van der Waals surface area (Å²) in [5.41, 5.74) is 0.866. The van der Waals surface area contributed by atoms with E-state index < -0.39 is 42.1 Å². The third-order valence-electron chi connectivity index (χ3n) is 4.84. The largest absolute Gasteiger partial charge is 0.352 e. The lowest BCUT2D eigenvalue weighted by atomic mass is 10.1. The standard InChI is InChI=1S/C19H20F2O5S2/c1-14-7-11-18(12-8-14)28(24,25)26-16-10-9-15(13-16)19(20,21)27(22,23)17-5-3-2-4-6-17/h2-8,11-12,15-16H,9-10,13H2,1H3. The summed E-state index contributed by atoms with van der Waals surface area (Å²) in [5, 5.41) is -4.01. The molecule has 0 radical (unpaired) electrons. The Bertz CT molecular complexity index is 1030. The van der Waals surface area contributed by atoms with Crippen molar-refractivity contribution in [2.45, 2.75) is 47.3 Å². The van der Waals surface area contributed by atoms with Crippen molar-refractivity contribution < 1.29 is 29.8 Å². The van der Waals surface area contributed by atoms with Gasteiger partial charge in [-0.2, -0.15) is 17.2 Å². The molecular weight excluding hydrogens is 410 g/mol. The molecule has 9 heteroatoms. The van der Waals surface area contributed by atoms with Crippen LogP contribution in [-0.4, -0.2) is 28.2 Å². The van der Waals surface area contributed by atoms with Crippen LogP contribution < -0.4 is 0 Å². The summed E-state index contributed by atoms with van der Waals surface area (Å²) < 4.78 is 84.1. The van der Waals surface area contributed by atoms with Crippen molar-refractivity contribution in [1.82, 2.24) is 0 Å². The van der Waals surface area contributed by atoms with Crippen LogP contribution >= 0.6 is 0 Å². The van der Waals surface area contributed by atoms with Gasteiger partial charge in [-0.05, 0) is 50.5 Å². The van der Waals surface area contributed by atoms with Gasteiger partial charge in [0.25, 0.3) is 10.1 Å². The summed E-state index contributed by atoms with van der Waals surface area (Å²) in [6.45, 7) is 1.80. The Morgan fingerprint density at radius 3 is 2.11 bits per heavy atom. The van der Waals surface area contributed by atoms with Crippen LogP contribution in [0.4, 0.5) is 8.78 Å². The molecule has 0 saturated heterocycles. The van der Waals surface area contributed by atoms with Gasteiger partial charge in [0.05, 0.1) is 15.9 Å². The molecule has 28 heavy (non-hydrogen) atoms. The first-order valence-electron chi connectivity index (χ1n) is 8.71. The second-order valence-corrected chi connectivity index (χ2v) is 10.5. The maximum Gasteiger partial charge on any atom is 0.352 e. The molecule has 1 aliphatic carbocycles. The molecule has 0 aliphatic heterocycles. The Kier molecular flexibility index (Phi) is 5.62. The fourth-order valence-corrected chi connectivity index (χ4v) is 5.84. The van der Waals surface area contributed by atoms with Crippen molar-refractivity contribution in [3.63, 3.8) is 0 Å². The number of aryl methyl sites for hydroxylation is 1. The average Bonchev–Trinajstić information content (AvgIpc) is 3.11. The molecule has 1 aliphatic rings. The van der Waals surface area contributed by atoms with Gasteiger partial charge in [0.2, 0.25) is 9.84 Å². The molecule has 5 nitrogen and oxygen atoms in total. The average molecular weight is 430 g/mol. The molecule has 2 aromatic rings. The van der Waals surface area contributed by atoms with Gasteiger partial charge >= 0.3 is 5.25 Å². The molecule has 2 atom stereocenters. The molecule has 0 spiro atoms. The highest BCUT2D eigenvalue weighted by Gasteiger charge is 2.55. The summed E-state index contributed by atoms with van der Waals surface area (Å²) in [7, 11) is -9.00. The highest BCUT2D eigenvalue weighted by molar-refractivity contribution is 7.92. The Hall–Kier alpha value is -1.84. The van der Waals surface area contributed by atoms with Crippen molar-refractivity contribution >= 4 is 20.0 Å². The second kappa shape index (κ2) is 7.53. The first kappa shape index (κ1) is 20.9. The van der Waals surface area contributed by atoms with E-state index in [1.165, 1.54) is 30.3 Å². The molecular formula is C19H20F2O5S2. The van der Waals surface area contributed by atoms with Gasteiger partial charge in [-0.3, -0.25) is 4.18 Å². The van der Waals surface area contributed by atoms with E-state index in [1.54, 1.807) is 19.1 Å². The normalized spacial score (nSPS) is 21.0. The minimum Gasteiger partial charge on any atom is -0.263 e. The number of sulfone groups is 1. The van der Waals surface area contributed by atoms with Crippen molar-refractivity contribution in [2.75, 3.05) is 0 Å². The molecule has 0 heterocycles. The van der Waals surface area contributed by atoms with Gasteiger partial charge in [-0.1, -0.05) is 35.9 Å². The third-order valence-corrected chi connectivity index (χ3v) is 8.16. The fraction of sp³-hybridized carbons (Fsp3) is 0.368. The van der Waals surface area contributed by atoms with Gasteiger partial charge < -0.3 is 0 Å². The highest BCUT2D eigenvalue weighted by Crippen LogP contribution is 2.45. The lowest BCUT2D eigenvalue weighted by molar-refractivity contribution is 0.0243. The maximum atomic E-state index is 14.8. The minimum absolute atomic E-state index is 0.0374. The lowest BCUT2D eigenvalue weighted by Crippen LogP contribution is -2.36. The first-order valence-corrected chi connectivity index (χ1v) is 11.6. The van der Waals surface area contributed by atoms with E-state index in [9.17, 15) is 25.6 Å². The molecule has 0 N–H and O–H groups in total. The fourth-order valence-electron chi connectivity index (χ4n) is 3.25. The van der Waals surface area contributed by atoms with Crippen LogP contribution in [0.5, 0.6) is 0 Å². The molecule has 0 bridgehead atoms. The van der Waals surface area contributed by atoms with E-state index >= 15 is 0 Å². The number of hydrogen-bond donors (Lipinski definition) is 0. The van der Waals surface area contributed by atoms with Gasteiger partial charge in [-0.15, -0.1) is 0 Å². The van der Waals surface area contributed by atoms with E-state index in [0.29, 0.717) is 0 Å². The van der Waals surface area contributed by atoms with E-state index in [4.69, 9.17) is 4.18 Å². The summed E-state index contributed by atoms with van der Waals surface area (Å²) >= 11 is 0. The van der Waals surface area contributed by atoms with E-state index in [-0.39, 0.29) is 24.2 Å². The number of rotatable bonds is 6. The van der Waals surface area contributed by atoms with Crippen LogP contribution in [0.1, 0.15) is 24.8 Å². The van der Waals surface area contributed by atoms with E-state index in [2.05, 4.69) is 0 Å². The number of benzene rings is 2. The smallest absolute Gasteiger partial charge is 0.263 e. The van der Waals surface area contributed by atoms with Crippen LogP contribution in [0.25, 0.3) is 0 Å². The molecule has 3 rings (SSSR count).